The van der Waals surface area contributed by atoms with Gasteiger partial charge in [-0.25, -0.2) is 0 Å². The number of benzene rings is 1. The van der Waals surface area contributed by atoms with Crippen molar-refractivity contribution in [1.29, 1.82) is 0 Å². The van der Waals surface area contributed by atoms with Gasteiger partial charge in [0, 0.05) is 31.3 Å². The van der Waals surface area contributed by atoms with Crippen molar-refractivity contribution in [3.8, 4) is 0 Å². The van der Waals surface area contributed by atoms with E-state index in [1.54, 1.807) is 0 Å². The summed E-state index contributed by atoms with van der Waals surface area (Å²) >= 11 is 0. The SMILES string of the molecule is CN(C1CCOCC1)C(C)(CN)CCc1ccccc1. The highest BCUT2D eigenvalue weighted by Crippen LogP contribution is 2.25. The maximum absolute atomic E-state index is 6.11. The Bertz CT molecular complexity index is 389. The Hall–Kier alpha value is -0.900. The molecule has 1 aromatic rings. The lowest BCUT2D eigenvalue weighted by atomic mass is 9.89. The van der Waals surface area contributed by atoms with Crippen LogP contribution in [0.2, 0.25) is 0 Å². The Morgan fingerprint density at radius 1 is 1.25 bits per heavy atom. The second kappa shape index (κ2) is 7.21. The number of nitrogens with zero attached hydrogens (tertiary/aromatic N) is 1. The first kappa shape index (κ1) is 15.5. The fourth-order valence-corrected chi connectivity index (χ4v) is 2.99. The van der Waals surface area contributed by atoms with Gasteiger partial charge in [0.1, 0.15) is 0 Å². The third kappa shape index (κ3) is 3.81. The summed E-state index contributed by atoms with van der Waals surface area (Å²) < 4.78 is 5.47. The van der Waals surface area contributed by atoms with Gasteiger partial charge in [-0.3, -0.25) is 4.90 Å². The Morgan fingerprint density at radius 2 is 1.90 bits per heavy atom. The van der Waals surface area contributed by atoms with Crippen molar-refractivity contribution in [3.05, 3.63) is 35.9 Å². The predicted octanol–water partition coefficient (Wildman–Crippen LogP) is 2.45. The molecule has 0 aromatic heterocycles. The number of ether oxygens (including phenoxy) is 1. The minimum absolute atomic E-state index is 0.0673. The van der Waals surface area contributed by atoms with Crippen LogP contribution in [0.1, 0.15) is 31.7 Å². The molecular formula is C17H28N2O. The van der Waals surface area contributed by atoms with E-state index in [9.17, 15) is 0 Å². The number of likely N-dealkylation sites (N-methyl/N-ethyl adjacent to an activating group) is 1. The lowest BCUT2D eigenvalue weighted by Gasteiger charge is -2.44. The highest BCUT2D eigenvalue weighted by atomic mass is 16.5. The lowest BCUT2D eigenvalue weighted by molar-refractivity contribution is 0.00133. The van der Waals surface area contributed by atoms with Gasteiger partial charge in [0.25, 0.3) is 0 Å². The monoisotopic (exact) mass is 276 g/mol. The minimum Gasteiger partial charge on any atom is -0.381 e. The Morgan fingerprint density at radius 3 is 2.50 bits per heavy atom. The molecule has 0 saturated carbocycles. The molecule has 0 radical (unpaired) electrons. The summed E-state index contributed by atoms with van der Waals surface area (Å²) in [7, 11) is 2.23. The predicted molar refractivity (Wildman–Crippen MR) is 83.8 cm³/mol. The summed E-state index contributed by atoms with van der Waals surface area (Å²) in [6, 6.07) is 11.3. The Balaban J connectivity index is 1.96. The van der Waals surface area contributed by atoms with E-state index in [0.717, 1.165) is 38.9 Å². The molecular weight excluding hydrogens is 248 g/mol. The smallest absolute Gasteiger partial charge is 0.0480 e. The minimum atomic E-state index is 0.0673. The molecule has 0 amide bonds. The first-order valence-corrected chi connectivity index (χ1v) is 7.70. The lowest BCUT2D eigenvalue weighted by Crippen LogP contribution is -2.55. The van der Waals surface area contributed by atoms with Crippen molar-refractivity contribution < 1.29 is 4.74 Å². The fourth-order valence-electron chi connectivity index (χ4n) is 2.99. The summed E-state index contributed by atoms with van der Waals surface area (Å²) in [6.45, 7) is 4.77. The first-order valence-electron chi connectivity index (χ1n) is 7.70. The van der Waals surface area contributed by atoms with Crippen molar-refractivity contribution in [3.63, 3.8) is 0 Å². The number of nitrogens with two attached hydrogens (primary N) is 1. The third-order valence-corrected chi connectivity index (χ3v) is 4.82. The van der Waals surface area contributed by atoms with Gasteiger partial charge in [0.05, 0.1) is 0 Å². The van der Waals surface area contributed by atoms with Crippen molar-refractivity contribution in [2.45, 2.75) is 44.2 Å². The normalized spacial score (nSPS) is 20.0. The summed E-state index contributed by atoms with van der Waals surface area (Å²) in [6.07, 6.45) is 4.43. The summed E-state index contributed by atoms with van der Waals surface area (Å²) in [5, 5.41) is 0. The van der Waals surface area contributed by atoms with Crippen molar-refractivity contribution in [2.75, 3.05) is 26.8 Å². The van der Waals surface area contributed by atoms with Gasteiger partial charge >= 0.3 is 0 Å². The molecule has 3 nitrogen and oxygen atoms in total. The first-order chi connectivity index (χ1) is 9.65. The summed E-state index contributed by atoms with van der Waals surface area (Å²) in [5.74, 6) is 0. The molecule has 1 saturated heterocycles. The molecule has 0 aliphatic carbocycles. The maximum atomic E-state index is 6.11. The Labute approximate surface area is 123 Å². The molecule has 1 atom stereocenters. The molecule has 1 aliphatic rings. The van der Waals surface area contributed by atoms with Crippen molar-refractivity contribution in [1.82, 2.24) is 4.90 Å². The van der Waals surface area contributed by atoms with Crippen LogP contribution in [0.15, 0.2) is 30.3 Å². The van der Waals surface area contributed by atoms with E-state index in [2.05, 4.69) is 49.2 Å². The summed E-state index contributed by atoms with van der Waals surface area (Å²) in [4.78, 5) is 2.50. The van der Waals surface area contributed by atoms with Gasteiger partial charge in [-0.1, -0.05) is 30.3 Å². The van der Waals surface area contributed by atoms with Crippen LogP contribution in [0, 0.1) is 0 Å². The number of hydrogen-bond donors (Lipinski definition) is 1. The number of rotatable bonds is 6. The average Bonchev–Trinajstić information content (AvgIpc) is 2.53. The van der Waals surface area contributed by atoms with Gasteiger partial charge in [0.2, 0.25) is 0 Å². The molecule has 1 aliphatic heterocycles. The average molecular weight is 276 g/mol. The molecule has 3 heteroatoms. The van der Waals surface area contributed by atoms with Crippen LogP contribution in [-0.2, 0) is 11.2 Å². The van der Waals surface area contributed by atoms with Gasteiger partial charge in [-0.15, -0.1) is 0 Å². The second-order valence-electron chi connectivity index (χ2n) is 6.14. The van der Waals surface area contributed by atoms with Crippen molar-refractivity contribution in [2.24, 2.45) is 5.73 Å². The molecule has 0 bridgehead atoms. The van der Waals surface area contributed by atoms with Crippen LogP contribution in [0.3, 0.4) is 0 Å². The molecule has 2 rings (SSSR count). The maximum Gasteiger partial charge on any atom is 0.0480 e. The van der Waals surface area contributed by atoms with Crippen molar-refractivity contribution >= 4 is 0 Å². The topological polar surface area (TPSA) is 38.5 Å². The number of hydrogen-bond acceptors (Lipinski definition) is 3. The zero-order valence-corrected chi connectivity index (χ0v) is 12.8. The Kier molecular flexibility index (Phi) is 5.58. The largest absolute Gasteiger partial charge is 0.381 e. The number of aryl methyl sites for hydroxylation is 1. The van der Waals surface area contributed by atoms with E-state index in [1.165, 1.54) is 5.56 Å². The zero-order valence-electron chi connectivity index (χ0n) is 12.8. The van der Waals surface area contributed by atoms with Crippen LogP contribution in [0.25, 0.3) is 0 Å². The van der Waals surface area contributed by atoms with Gasteiger partial charge in [-0.05, 0) is 45.2 Å². The van der Waals surface area contributed by atoms with Crippen LogP contribution < -0.4 is 5.73 Å². The van der Waals surface area contributed by atoms with Crippen LogP contribution in [-0.4, -0.2) is 43.3 Å². The molecule has 1 unspecified atom stereocenters. The molecule has 0 spiro atoms. The molecule has 1 aromatic carbocycles. The third-order valence-electron chi connectivity index (χ3n) is 4.82. The zero-order chi connectivity index (χ0) is 14.4. The van der Waals surface area contributed by atoms with Crippen LogP contribution in [0.5, 0.6) is 0 Å². The molecule has 20 heavy (non-hydrogen) atoms. The van der Waals surface area contributed by atoms with E-state index in [0.29, 0.717) is 12.6 Å². The van der Waals surface area contributed by atoms with Gasteiger partial charge in [-0.2, -0.15) is 0 Å². The van der Waals surface area contributed by atoms with Gasteiger partial charge in [0.15, 0.2) is 0 Å². The van der Waals surface area contributed by atoms with Crippen LogP contribution in [0.4, 0.5) is 0 Å². The molecule has 1 fully saturated rings. The standard InChI is InChI=1S/C17H28N2O/c1-17(14-18,11-8-15-6-4-3-5-7-15)19(2)16-9-12-20-13-10-16/h3-7,16H,8-14,18H2,1-2H3. The quantitative estimate of drug-likeness (QED) is 0.867. The van der Waals surface area contributed by atoms with Crippen LogP contribution >= 0.6 is 0 Å². The van der Waals surface area contributed by atoms with E-state index >= 15 is 0 Å². The van der Waals surface area contributed by atoms with E-state index in [-0.39, 0.29) is 5.54 Å². The molecule has 1 heterocycles. The highest BCUT2D eigenvalue weighted by molar-refractivity contribution is 5.15. The van der Waals surface area contributed by atoms with E-state index in [1.807, 2.05) is 0 Å². The molecule has 112 valence electrons. The fraction of sp³-hybridized carbons (Fsp3) is 0.647. The second-order valence-corrected chi connectivity index (χ2v) is 6.14. The summed E-state index contributed by atoms with van der Waals surface area (Å²) in [5.41, 5.74) is 7.57. The van der Waals surface area contributed by atoms with E-state index < -0.39 is 0 Å². The highest BCUT2D eigenvalue weighted by Gasteiger charge is 2.33. The van der Waals surface area contributed by atoms with Gasteiger partial charge < -0.3 is 10.5 Å². The molecule has 2 N–H and O–H groups in total. The van der Waals surface area contributed by atoms with E-state index in [4.69, 9.17) is 10.5 Å².